The second kappa shape index (κ2) is 7.88. The van der Waals surface area contributed by atoms with Crippen LogP contribution in [0, 0.1) is 17.8 Å². The van der Waals surface area contributed by atoms with Gasteiger partial charge in [0.25, 0.3) is 0 Å². The molecule has 0 saturated carbocycles. The molecule has 3 heterocycles. The molecule has 7 heteroatoms. The van der Waals surface area contributed by atoms with Gasteiger partial charge in [0.2, 0.25) is 11.8 Å². The molecule has 1 atom stereocenters. The lowest BCUT2D eigenvalue weighted by Gasteiger charge is -2.27. The summed E-state index contributed by atoms with van der Waals surface area (Å²) in [5.41, 5.74) is 1.94. The molecule has 1 aromatic carbocycles. The minimum atomic E-state index is -0.675. The molecule has 2 aliphatic rings. The topological polar surface area (TPSA) is 76.3 Å². The Kier molecular flexibility index (Phi) is 5.29. The van der Waals surface area contributed by atoms with Crippen LogP contribution in [-0.4, -0.2) is 46.0 Å². The van der Waals surface area contributed by atoms with Crippen LogP contribution < -0.4 is 11.0 Å². The summed E-state index contributed by atoms with van der Waals surface area (Å²) in [6.07, 6.45) is 3.75. The van der Waals surface area contributed by atoms with Gasteiger partial charge in [-0.25, -0.2) is 4.79 Å². The number of nitrogens with one attached hydrogen (secondary N) is 1. The van der Waals surface area contributed by atoms with Gasteiger partial charge in [-0.2, -0.15) is 0 Å². The van der Waals surface area contributed by atoms with Crippen LogP contribution in [0.25, 0.3) is 11.0 Å². The van der Waals surface area contributed by atoms with E-state index in [0.717, 1.165) is 30.6 Å². The van der Waals surface area contributed by atoms with Crippen LogP contribution in [0.3, 0.4) is 0 Å². The van der Waals surface area contributed by atoms with E-state index in [-0.39, 0.29) is 18.0 Å². The number of aromatic nitrogens is 2. The van der Waals surface area contributed by atoms with Crippen molar-refractivity contribution in [1.29, 1.82) is 0 Å². The molecule has 4 rings (SSSR count). The summed E-state index contributed by atoms with van der Waals surface area (Å²) in [4.78, 5) is 39.1. The number of para-hydroxylation sites is 1. The number of carbonyl (C=O) groups is 2. The summed E-state index contributed by atoms with van der Waals surface area (Å²) in [6.45, 7) is 2.23. The highest BCUT2D eigenvalue weighted by molar-refractivity contribution is 6.00. The van der Waals surface area contributed by atoms with E-state index < -0.39 is 11.9 Å². The Balaban J connectivity index is 1.66. The summed E-state index contributed by atoms with van der Waals surface area (Å²) in [5.74, 6) is 6.48. The lowest BCUT2D eigenvalue weighted by Crippen LogP contribution is -2.44. The number of fused-ring (bicyclic) bond motifs is 1. The van der Waals surface area contributed by atoms with Crippen molar-refractivity contribution in [3.63, 3.8) is 0 Å². The Labute approximate surface area is 169 Å². The van der Waals surface area contributed by atoms with Crippen LogP contribution in [-0.2, 0) is 16.6 Å². The fraction of sp³-hybridized carbons (Fsp3) is 0.500. The van der Waals surface area contributed by atoms with Crippen LogP contribution in [0.2, 0.25) is 0 Å². The first-order valence-corrected chi connectivity index (χ1v) is 10.2. The summed E-state index contributed by atoms with van der Waals surface area (Å²) < 4.78 is 3.05. The normalized spacial score (nSPS) is 21.1. The fourth-order valence-electron chi connectivity index (χ4n) is 4.33. The Bertz CT molecular complexity index is 1080. The first kappa shape index (κ1) is 19.5. The van der Waals surface area contributed by atoms with Gasteiger partial charge in [-0.3, -0.25) is 24.0 Å². The molecule has 1 aromatic heterocycles. The number of hydrogen-bond acceptors (Lipinski definition) is 4. The molecule has 0 spiro atoms. The number of imide groups is 1. The van der Waals surface area contributed by atoms with Gasteiger partial charge in [-0.05, 0) is 57.5 Å². The van der Waals surface area contributed by atoms with Crippen molar-refractivity contribution in [2.45, 2.75) is 38.1 Å². The highest BCUT2D eigenvalue weighted by Crippen LogP contribution is 2.25. The van der Waals surface area contributed by atoms with Crippen molar-refractivity contribution in [3.8, 4) is 11.8 Å². The number of rotatable bonds is 2. The quantitative estimate of drug-likeness (QED) is 0.617. The lowest BCUT2D eigenvalue weighted by molar-refractivity contribution is -0.135. The number of piperidine rings is 2. The van der Waals surface area contributed by atoms with Crippen LogP contribution in [0.15, 0.2) is 23.0 Å². The smallest absolute Gasteiger partial charge is 0.306 e. The Morgan fingerprint density at radius 3 is 2.59 bits per heavy atom. The van der Waals surface area contributed by atoms with Gasteiger partial charge in [-0.1, -0.05) is 17.9 Å². The Morgan fingerprint density at radius 2 is 1.86 bits per heavy atom. The van der Waals surface area contributed by atoms with E-state index in [4.69, 9.17) is 0 Å². The van der Waals surface area contributed by atoms with Crippen LogP contribution in [0.5, 0.6) is 0 Å². The van der Waals surface area contributed by atoms with E-state index >= 15 is 0 Å². The SMILES string of the molecule is CN1CCC(CC#Cc2cccc3c2n(C)c(=O)n3C2CCC(=O)NC2=O)CC1. The third-order valence-electron chi connectivity index (χ3n) is 6.08. The molecule has 2 saturated heterocycles. The molecule has 1 unspecified atom stereocenters. The number of nitrogens with zero attached hydrogens (tertiary/aromatic N) is 3. The zero-order chi connectivity index (χ0) is 20.5. The molecule has 0 radical (unpaired) electrons. The monoisotopic (exact) mass is 394 g/mol. The number of hydrogen-bond donors (Lipinski definition) is 1. The highest BCUT2D eigenvalue weighted by atomic mass is 16.2. The molecule has 152 valence electrons. The highest BCUT2D eigenvalue weighted by Gasteiger charge is 2.31. The summed E-state index contributed by atoms with van der Waals surface area (Å²) in [7, 11) is 3.85. The number of amides is 2. The van der Waals surface area contributed by atoms with Gasteiger partial charge in [-0.15, -0.1) is 0 Å². The molecule has 29 heavy (non-hydrogen) atoms. The van der Waals surface area contributed by atoms with Crippen molar-refractivity contribution in [1.82, 2.24) is 19.4 Å². The van der Waals surface area contributed by atoms with Gasteiger partial charge < -0.3 is 4.90 Å². The number of carbonyl (C=O) groups excluding carboxylic acids is 2. The Morgan fingerprint density at radius 1 is 1.10 bits per heavy atom. The van der Waals surface area contributed by atoms with E-state index in [0.29, 0.717) is 17.9 Å². The maximum Gasteiger partial charge on any atom is 0.329 e. The summed E-state index contributed by atoms with van der Waals surface area (Å²) >= 11 is 0. The predicted octanol–water partition coefficient (Wildman–Crippen LogP) is 1.40. The standard InChI is InChI=1S/C22H26N4O3/c1-24-13-11-15(12-14-24)5-3-6-16-7-4-8-17-20(16)25(2)22(29)26(17)18-9-10-19(27)23-21(18)28/h4,7-8,15,18H,5,9-14H2,1-2H3,(H,23,27,28). The van der Waals surface area contributed by atoms with Gasteiger partial charge in [0.15, 0.2) is 0 Å². The maximum atomic E-state index is 12.9. The average Bonchev–Trinajstić information content (AvgIpc) is 2.95. The van der Waals surface area contributed by atoms with Crippen LogP contribution in [0.4, 0.5) is 0 Å². The summed E-state index contributed by atoms with van der Waals surface area (Å²) in [5, 5.41) is 2.34. The fourth-order valence-corrected chi connectivity index (χ4v) is 4.33. The van der Waals surface area contributed by atoms with Gasteiger partial charge >= 0.3 is 5.69 Å². The number of aryl methyl sites for hydroxylation is 1. The number of likely N-dealkylation sites (tertiary alicyclic amines) is 1. The number of benzene rings is 1. The molecule has 2 aliphatic heterocycles. The van der Waals surface area contributed by atoms with E-state index in [1.165, 1.54) is 17.4 Å². The van der Waals surface area contributed by atoms with Gasteiger partial charge in [0, 0.05) is 19.9 Å². The molecule has 0 aliphatic carbocycles. The van der Waals surface area contributed by atoms with Crippen LogP contribution >= 0.6 is 0 Å². The molecule has 1 N–H and O–H groups in total. The zero-order valence-electron chi connectivity index (χ0n) is 16.9. The maximum absolute atomic E-state index is 12.9. The van der Waals surface area contributed by atoms with E-state index in [2.05, 4.69) is 29.1 Å². The first-order valence-electron chi connectivity index (χ1n) is 10.2. The number of imidazole rings is 1. The molecule has 2 amide bonds. The van der Waals surface area contributed by atoms with Gasteiger partial charge in [0.05, 0.1) is 16.6 Å². The predicted molar refractivity (Wildman–Crippen MR) is 110 cm³/mol. The van der Waals surface area contributed by atoms with Crippen molar-refractivity contribution >= 4 is 22.8 Å². The molecule has 2 aromatic rings. The minimum absolute atomic E-state index is 0.231. The zero-order valence-corrected chi connectivity index (χ0v) is 16.9. The first-order chi connectivity index (χ1) is 14.0. The van der Waals surface area contributed by atoms with Gasteiger partial charge in [0.1, 0.15) is 6.04 Å². The van der Waals surface area contributed by atoms with E-state index in [1.807, 2.05) is 18.2 Å². The van der Waals surface area contributed by atoms with Crippen LogP contribution in [0.1, 0.15) is 43.7 Å². The summed E-state index contributed by atoms with van der Waals surface area (Å²) in [6, 6.07) is 4.94. The second-order valence-electron chi connectivity index (χ2n) is 8.10. The molecule has 7 nitrogen and oxygen atoms in total. The molecular weight excluding hydrogens is 368 g/mol. The lowest BCUT2D eigenvalue weighted by atomic mass is 9.94. The largest absolute Gasteiger partial charge is 0.329 e. The van der Waals surface area contributed by atoms with Crippen molar-refractivity contribution in [2.24, 2.45) is 13.0 Å². The minimum Gasteiger partial charge on any atom is -0.306 e. The third kappa shape index (κ3) is 3.73. The second-order valence-corrected chi connectivity index (χ2v) is 8.10. The Hall–Kier alpha value is -2.85. The van der Waals surface area contributed by atoms with Crippen molar-refractivity contribution < 1.29 is 9.59 Å². The van der Waals surface area contributed by atoms with E-state index in [9.17, 15) is 14.4 Å². The van der Waals surface area contributed by atoms with Crippen molar-refractivity contribution in [2.75, 3.05) is 20.1 Å². The third-order valence-corrected chi connectivity index (χ3v) is 6.08. The molecule has 2 fully saturated rings. The average molecular weight is 394 g/mol. The van der Waals surface area contributed by atoms with E-state index in [1.54, 1.807) is 11.6 Å². The van der Waals surface area contributed by atoms with Crippen molar-refractivity contribution in [3.05, 3.63) is 34.2 Å². The molecule has 0 bridgehead atoms. The molecular formula is C22H26N4O3.